The van der Waals surface area contributed by atoms with E-state index in [2.05, 4.69) is 32.0 Å². The van der Waals surface area contributed by atoms with E-state index >= 15 is 0 Å². The highest BCUT2D eigenvalue weighted by atomic mass is 16.5. The monoisotopic (exact) mass is 371 g/mol. The SMILES string of the molecule is CO[C@H]1CCN(c2cc(C3=NCc4cnc(-c5cccnc5)cc43)ccn2)C1. The van der Waals surface area contributed by atoms with Crippen molar-refractivity contribution >= 4 is 11.5 Å². The second kappa shape index (κ2) is 7.13. The number of fused-ring (bicyclic) bond motifs is 1. The molecule has 0 aliphatic carbocycles. The van der Waals surface area contributed by atoms with Gasteiger partial charge in [0.1, 0.15) is 5.82 Å². The summed E-state index contributed by atoms with van der Waals surface area (Å²) in [5, 5.41) is 0. The maximum atomic E-state index is 5.49. The van der Waals surface area contributed by atoms with Crippen molar-refractivity contribution in [3.05, 3.63) is 71.8 Å². The standard InChI is InChI=1S/C22H21N5O/c1-28-18-5-8-27(14-18)21-9-15(4-7-24-21)22-19-10-20(16-3-2-6-23-11-16)25-12-17(19)13-26-22/h2-4,6-7,9-12,18H,5,8,13-14H2,1H3/t18-/m0/s1. The molecule has 1 saturated heterocycles. The van der Waals surface area contributed by atoms with E-state index < -0.39 is 0 Å². The topological polar surface area (TPSA) is 63.5 Å². The molecule has 2 aliphatic rings. The molecule has 2 aliphatic heterocycles. The predicted octanol–water partition coefficient (Wildman–Crippen LogP) is 3.11. The average Bonchev–Trinajstić information content (AvgIpc) is 3.41. The first-order valence-corrected chi connectivity index (χ1v) is 9.50. The number of aliphatic imine (C=N–C) groups is 1. The molecule has 0 amide bonds. The summed E-state index contributed by atoms with van der Waals surface area (Å²) in [6.45, 7) is 2.51. The van der Waals surface area contributed by atoms with Crippen LogP contribution in [0.4, 0.5) is 5.82 Å². The second-order valence-corrected chi connectivity index (χ2v) is 7.13. The number of rotatable bonds is 4. The van der Waals surface area contributed by atoms with Gasteiger partial charge in [-0.1, -0.05) is 0 Å². The highest BCUT2D eigenvalue weighted by molar-refractivity contribution is 6.15. The molecule has 0 bridgehead atoms. The average molecular weight is 371 g/mol. The van der Waals surface area contributed by atoms with Crippen molar-refractivity contribution in [2.75, 3.05) is 25.1 Å². The van der Waals surface area contributed by atoms with E-state index in [-0.39, 0.29) is 6.10 Å². The summed E-state index contributed by atoms with van der Waals surface area (Å²) >= 11 is 0. The molecule has 0 unspecified atom stereocenters. The Morgan fingerprint density at radius 3 is 2.86 bits per heavy atom. The normalized spacial score (nSPS) is 18.2. The smallest absolute Gasteiger partial charge is 0.129 e. The van der Waals surface area contributed by atoms with E-state index in [9.17, 15) is 0 Å². The molecule has 3 aromatic heterocycles. The Labute approximate surface area is 164 Å². The van der Waals surface area contributed by atoms with Gasteiger partial charge in [-0.05, 0) is 36.8 Å². The Balaban J connectivity index is 1.47. The van der Waals surface area contributed by atoms with Gasteiger partial charge in [-0.3, -0.25) is 15.0 Å². The Morgan fingerprint density at radius 1 is 1.07 bits per heavy atom. The maximum Gasteiger partial charge on any atom is 0.129 e. The molecule has 5 heterocycles. The summed E-state index contributed by atoms with van der Waals surface area (Å²) in [6.07, 6.45) is 8.73. The summed E-state index contributed by atoms with van der Waals surface area (Å²) in [5.74, 6) is 0.981. The lowest BCUT2D eigenvalue weighted by Gasteiger charge is -2.18. The molecule has 1 fully saturated rings. The van der Waals surface area contributed by atoms with Crippen molar-refractivity contribution < 1.29 is 4.74 Å². The number of pyridine rings is 3. The second-order valence-electron chi connectivity index (χ2n) is 7.13. The Hall–Kier alpha value is -3.12. The molecule has 28 heavy (non-hydrogen) atoms. The highest BCUT2D eigenvalue weighted by Gasteiger charge is 2.24. The predicted molar refractivity (Wildman–Crippen MR) is 109 cm³/mol. The number of hydrogen-bond donors (Lipinski definition) is 0. The number of aromatic nitrogens is 3. The Morgan fingerprint density at radius 2 is 2.04 bits per heavy atom. The van der Waals surface area contributed by atoms with Crippen molar-refractivity contribution in [3.63, 3.8) is 0 Å². The van der Waals surface area contributed by atoms with Crippen molar-refractivity contribution in [2.24, 2.45) is 4.99 Å². The summed E-state index contributed by atoms with van der Waals surface area (Å²) < 4.78 is 5.49. The van der Waals surface area contributed by atoms with Crippen LogP contribution in [-0.2, 0) is 11.3 Å². The number of anilines is 1. The van der Waals surface area contributed by atoms with Gasteiger partial charge in [0.15, 0.2) is 0 Å². The minimum absolute atomic E-state index is 0.281. The van der Waals surface area contributed by atoms with Gasteiger partial charge < -0.3 is 9.64 Å². The molecule has 140 valence electrons. The molecule has 1 atom stereocenters. The minimum Gasteiger partial charge on any atom is -0.380 e. The van der Waals surface area contributed by atoms with Crippen LogP contribution in [0.2, 0.25) is 0 Å². The van der Waals surface area contributed by atoms with Gasteiger partial charge in [0.25, 0.3) is 0 Å². The fourth-order valence-corrected chi connectivity index (χ4v) is 3.87. The lowest BCUT2D eigenvalue weighted by atomic mass is 10.00. The lowest BCUT2D eigenvalue weighted by molar-refractivity contribution is 0.121. The van der Waals surface area contributed by atoms with Crippen LogP contribution in [-0.4, -0.2) is 47.0 Å². The Bertz CT molecular complexity index is 1030. The zero-order valence-corrected chi connectivity index (χ0v) is 15.7. The van der Waals surface area contributed by atoms with Crippen LogP contribution < -0.4 is 4.90 Å². The zero-order chi connectivity index (χ0) is 18.9. The molecular weight excluding hydrogens is 350 g/mol. The van der Waals surface area contributed by atoms with Crippen LogP contribution in [0, 0.1) is 0 Å². The maximum absolute atomic E-state index is 5.49. The molecule has 0 spiro atoms. The third-order valence-electron chi connectivity index (χ3n) is 5.43. The number of ether oxygens (including phenoxy) is 1. The van der Waals surface area contributed by atoms with Crippen LogP contribution in [0.15, 0.2) is 60.1 Å². The third kappa shape index (κ3) is 3.05. The summed E-state index contributed by atoms with van der Waals surface area (Å²) in [7, 11) is 1.77. The molecule has 0 N–H and O–H groups in total. The van der Waals surface area contributed by atoms with Gasteiger partial charge >= 0.3 is 0 Å². The van der Waals surface area contributed by atoms with Gasteiger partial charge in [-0.2, -0.15) is 0 Å². The first-order valence-electron chi connectivity index (χ1n) is 9.50. The molecule has 5 rings (SSSR count). The van der Waals surface area contributed by atoms with Crippen LogP contribution in [0.25, 0.3) is 11.3 Å². The van der Waals surface area contributed by atoms with Crippen molar-refractivity contribution in [2.45, 2.75) is 19.1 Å². The third-order valence-corrected chi connectivity index (χ3v) is 5.43. The fourth-order valence-electron chi connectivity index (χ4n) is 3.87. The Kier molecular flexibility index (Phi) is 4.33. The van der Waals surface area contributed by atoms with Crippen LogP contribution in [0.1, 0.15) is 23.1 Å². The van der Waals surface area contributed by atoms with Gasteiger partial charge in [0.2, 0.25) is 0 Å². The van der Waals surface area contributed by atoms with Gasteiger partial charge in [0, 0.05) is 67.2 Å². The zero-order valence-electron chi connectivity index (χ0n) is 15.7. The van der Waals surface area contributed by atoms with Crippen molar-refractivity contribution in [3.8, 4) is 11.3 Å². The molecule has 0 saturated carbocycles. The molecule has 6 heteroatoms. The largest absolute Gasteiger partial charge is 0.380 e. The van der Waals surface area contributed by atoms with Gasteiger partial charge in [0.05, 0.1) is 24.1 Å². The molecular formula is C22H21N5O. The summed E-state index contributed by atoms with van der Waals surface area (Å²) in [4.78, 5) is 20.5. The number of hydrogen-bond acceptors (Lipinski definition) is 6. The summed E-state index contributed by atoms with van der Waals surface area (Å²) in [5.41, 5.74) is 6.32. The van der Waals surface area contributed by atoms with Crippen LogP contribution >= 0.6 is 0 Å². The molecule has 0 aromatic carbocycles. The molecule has 3 aromatic rings. The van der Waals surface area contributed by atoms with Crippen molar-refractivity contribution in [1.29, 1.82) is 0 Å². The van der Waals surface area contributed by atoms with Crippen LogP contribution in [0.5, 0.6) is 0 Å². The van der Waals surface area contributed by atoms with Crippen LogP contribution in [0.3, 0.4) is 0 Å². The lowest BCUT2D eigenvalue weighted by Crippen LogP contribution is -2.23. The fraction of sp³-hybridized carbons (Fsp3) is 0.273. The van der Waals surface area contributed by atoms with Crippen molar-refractivity contribution in [1.82, 2.24) is 15.0 Å². The van der Waals surface area contributed by atoms with E-state index in [0.29, 0.717) is 6.54 Å². The van der Waals surface area contributed by atoms with Gasteiger partial charge in [-0.15, -0.1) is 0 Å². The minimum atomic E-state index is 0.281. The first-order chi connectivity index (χ1) is 13.8. The quantitative estimate of drug-likeness (QED) is 0.705. The van der Waals surface area contributed by atoms with E-state index in [1.165, 1.54) is 0 Å². The van der Waals surface area contributed by atoms with E-state index in [4.69, 9.17) is 9.73 Å². The summed E-state index contributed by atoms with van der Waals surface area (Å²) in [6, 6.07) is 10.2. The van der Waals surface area contributed by atoms with E-state index in [1.807, 2.05) is 36.8 Å². The molecule has 6 nitrogen and oxygen atoms in total. The highest BCUT2D eigenvalue weighted by Crippen LogP contribution is 2.28. The van der Waals surface area contributed by atoms with E-state index in [0.717, 1.165) is 59.0 Å². The number of methoxy groups -OCH3 is 1. The van der Waals surface area contributed by atoms with Gasteiger partial charge in [-0.25, -0.2) is 4.98 Å². The van der Waals surface area contributed by atoms with E-state index in [1.54, 1.807) is 13.3 Å². The number of nitrogens with zero attached hydrogens (tertiary/aromatic N) is 5. The first kappa shape index (κ1) is 17.0. The molecule has 0 radical (unpaired) electrons.